The third kappa shape index (κ3) is 1.28. The summed E-state index contributed by atoms with van der Waals surface area (Å²) in [5.74, 6) is 0.519. The summed E-state index contributed by atoms with van der Waals surface area (Å²) in [5.41, 5.74) is 3.29. The molecule has 0 unspecified atom stereocenters. The highest BCUT2D eigenvalue weighted by molar-refractivity contribution is 9.10. The zero-order valence-electron chi connectivity index (χ0n) is 9.32. The maximum Gasteiger partial charge on any atom is 0.148 e. The van der Waals surface area contributed by atoms with Gasteiger partial charge in [-0.1, -0.05) is 15.9 Å². The maximum atomic E-state index is 13.6. The molecule has 0 amide bonds. The van der Waals surface area contributed by atoms with E-state index in [0.717, 1.165) is 21.2 Å². The van der Waals surface area contributed by atoms with Gasteiger partial charge in [0.15, 0.2) is 0 Å². The summed E-state index contributed by atoms with van der Waals surface area (Å²) in [6.45, 7) is 0. The molecule has 0 saturated heterocycles. The average molecular weight is 306 g/mol. The van der Waals surface area contributed by atoms with E-state index in [1.165, 1.54) is 0 Å². The van der Waals surface area contributed by atoms with Gasteiger partial charge >= 0.3 is 0 Å². The molecule has 0 atom stereocenters. The monoisotopic (exact) mass is 305 g/mol. The fourth-order valence-electron chi connectivity index (χ4n) is 2.30. The zero-order valence-corrected chi connectivity index (χ0v) is 10.9. The molecule has 5 rings (SSSR count). The summed E-state index contributed by atoms with van der Waals surface area (Å²) in [4.78, 5) is 4.38. The van der Waals surface area contributed by atoms with Crippen LogP contribution in [0.25, 0.3) is 28.1 Å². The van der Waals surface area contributed by atoms with E-state index in [2.05, 4.69) is 20.9 Å². The van der Waals surface area contributed by atoms with Gasteiger partial charge in [-0.15, -0.1) is 0 Å². The first-order valence-corrected chi connectivity index (χ1v) is 6.02. The second kappa shape index (κ2) is 3.63. The first-order chi connectivity index (χ1) is 8.24. The number of hydrogen-bond acceptors (Lipinski definition) is 2. The number of benzene rings is 2. The van der Waals surface area contributed by atoms with E-state index in [4.69, 9.17) is 0 Å². The minimum atomic E-state index is -0.187. The Bertz CT molecular complexity index is 762. The Hall–Kier alpha value is -1.72. The number of fused-ring (bicyclic) bond motifs is 1. The number of imidazole rings is 1. The van der Waals surface area contributed by atoms with Crippen molar-refractivity contribution in [3.8, 4) is 17.1 Å². The number of pyridine rings is 2. The normalized spacial score (nSPS) is 11.4. The summed E-state index contributed by atoms with van der Waals surface area (Å²) in [6.07, 6.45) is 0. The van der Waals surface area contributed by atoms with Gasteiger partial charge in [0.05, 0.1) is 16.6 Å². The van der Waals surface area contributed by atoms with Gasteiger partial charge in [-0.3, -0.25) is 4.57 Å². The van der Waals surface area contributed by atoms with Crippen LogP contribution in [0.2, 0.25) is 0 Å². The quantitative estimate of drug-likeness (QED) is 0.576. The molecular formula is C13H9BrFN3. The second-order valence-corrected chi connectivity index (χ2v) is 4.98. The van der Waals surface area contributed by atoms with Gasteiger partial charge < -0.3 is 6.15 Å². The second-order valence-electron chi connectivity index (χ2n) is 4.07. The summed E-state index contributed by atoms with van der Waals surface area (Å²) in [7, 11) is 0. The molecular weight excluding hydrogens is 297 g/mol. The van der Waals surface area contributed by atoms with E-state index in [-0.39, 0.29) is 12.0 Å². The zero-order chi connectivity index (χ0) is 11.6. The Labute approximate surface area is 111 Å². The highest BCUT2D eigenvalue weighted by Gasteiger charge is 2.25. The molecule has 2 aliphatic rings. The molecule has 2 aliphatic heterocycles. The van der Waals surface area contributed by atoms with Crippen molar-refractivity contribution in [3.63, 3.8) is 0 Å². The summed E-state index contributed by atoms with van der Waals surface area (Å²) in [5, 5.41) is 0. The van der Waals surface area contributed by atoms with Crippen molar-refractivity contribution in [2.75, 3.05) is 0 Å². The van der Waals surface area contributed by atoms with Crippen molar-refractivity contribution in [2.24, 2.45) is 0 Å². The molecule has 0 fully saturated rings. The third-order valence-electron chi connectivity index (χ3n) is 3.07. The fraction of sp³-hybridized carbons (Fsp3) is 0. The van der Waals surface area contributed by atoms with E-state index in [1.807, 2.05) is 28.8 Å². The van der Waals surface area contributed by atoms with Crippen LogP contribution in [0, 0.1) is 5.82 Å². The molecule has 3 heterocycles. The molecule has 3 N–H and O–H groups in total. The van der Waals surface area contributed by atoms with E-state index in [9.17, 15) is 4.39 Å². The minimum absolute atomic E-state index is 0. The van der Waals surface area contributed by atoms with Crippen LogP contribution in [0.15, 0.2) is 40.9 Å². The first-order valence-electron chi connectivity index (χ1n) is 5.22. The van der Waals surface area contributed by atoms with Crippen LogP contribution >= 0.6 is 15.9 Å². The van der Waals surface area contributed by atoms with E-state index < -0.39 is 0 Å². The topological polar surface area (TPSA) is 52.8 Å². The average Bonchev–Trinajstić information content (AvgIpc) is 2.85. The number of rotatable bonds is 1. The number of aromatic nitrogens is 2. The molecule has 0 radical (unpaired) electrons. The Balaban J connectivity index is 0.000001000. The van der Waals surface area contributed by atoms with Crippen LogP contribution in [-0.2, 0) is 0 Å². The van der Waals surface area contributed by atoms with E-state index in [1.54, 1.807) is 12.1 Å². The van der Waals surface area contributed by atoms with Crippen LogP contribution in [0.1, 0.15) is 0 Å². The number of halogens is 2. The molecule has 4 bridgehead atoms. The smallest absolute Gasteiger partial charge is 0.148 e. The molecule has 1 aromatic heterocycles. The van der Waals surface area contributed by atoms with Crippen LogP contribution in [-0.4, -0.2) is 9.55 Å². The Morgan fingerprint density at radius 3 is 2.50 bits per heavy atom. The van der Waals surface area contributed by atoms with Crippen molar-refractivity contribution in [2.45, 2.75) is 0 Å². The lowest BCUT2D eigenvalue weighted by Crippen LogP contribution is -2.02. The lowest BCUT2D eigenvalue weighted by molar-refractivity contribution is 0.629. The lowest BCUT2D eigenvalue weighted by atomic mass is 10.1. The summed E-state index contributed by atoms with van der Waals surface area (Å²) >= 11 is 3.40. The lowest BCUT2D eigenvalue weighted by Gasteiger charge is -2.13. The minimum Gasteiger partial charge on any atom is -0.344 e. The fourth-order valence-corrected chi connectivity index (χ4v) is 2.57. The third-order valence-corrected chi connectivity index (χ3v) is 3.60. The molecule has 5 heteroatoms. The van der Waals surface area contributed by atoms with Crippen LogP contribution in [0.4, 0.5) is 4.39 Å². The molecule has 18 heavy (non-hydrogen) atoms. The van der Waals surface area contributed by atoms with Gasteiger partial charge in [0.2, 0.25) is 0 Å². The molecule has 3 nitrogen and oxygen atoms in total. The van der Waals surface area contributed by atoms with Gasteiger partial charge in [0.1, 0.15) is 11.6 Å². The molecule has 90 valence electrons. The molecule has 2 aromatic carbocycles. The predicted octanol–water partition coefficient (Wildman–Crippen LogP) is 4.07. The van der Waals surface area contributed by atoms with Crippen molar-refractivity contribution in [1.82, 2.24) is 15.7 Å². The first kappa shape index (κ1) is 11.4. The number of nitrogens with zero attached hydrogens (tertiary/aromatic N) is 2. The molecule has 3 aromatic rings. The van der Waals surface area contributed by atoms with Gasteiger partial charge in [0.25, 0.3) is 0 Å². The molecule has 0 spiro atoms. The van der Waals surface area contributed by atoms with Crippen molar-refractivity contribution in [3.05, 3.63) is 46.7 Å². The Kier molecular flexibility index (Phi) is 2.30. The molecule has 0 saturated carbocycles. The summed E-state index contributed by atoms with van der Waals surface area (Å²) in [6, 6.07) is 11.3. The van der Waals surface area contributed by atoms with Gasteiger partial charge in [-0.25, -0.2) is 9.37 Å². The van der Waals surface area contributed by atoms with Crippen molar-refractivity contribution >= 4 is 27.0 Å². The Morgan fingerprint density at radius 2 is 1.83 bits per heavy atom. The SMILES string of the molecule is Fc1cc2c3cc1-c(n3)n2-c1ccc(Br)cc1.N. The standard InChI is InChI=1S/C13H6BrFN2.H3N/c14-7-1-3-8(4-2-7)17-12-6-10(15)9-5-11(12)16-13(9)17;/h1-6H;1H3. The highest BCUT2D eigenvalue weighted by Crippen LogP contribution is 2.38. The number of hydrogen-bond donors (Lipinski definition) is 1. The van der Waals surface area contributed by atoms with Gasteiger partial charge in [-0.05, 0) is 30.3 Å². The van der Waals surface area contributed by atoms with E-state index >= 15 is 0 Å². The van der Waals surface area contributed by atoms with Gasteiger partial charge in [-0.2, -0.15) is 0 Å². The largest absolute Gasteiger partial charge is 0.344 e. The van der Waals surface area contributed by atoms with E-state index in [0.29, 0.717) is 11.4 Å². The Morgan fingerprint density at radius 1 is 1.11 bits per heavy atom. The molecule has 0 aliphatic carbocycles. The van der Waals surface area contributed by atoms with Crippen LogP contribution in [0.5, 0.6) is 0 Å². The predicted molar refractivity (Wildman–Crippen MR) is 72.7 cm³/mol. The summed E-state index contributed by atoms with van der Waals surface area (Å²) < 4.78 is 16.6. The van der Waals surface area contributed by atoms with Crippen LogP contribution in [0.3, 0.4) is 0 Å². The van der Waals surface area contributed by atoms with Crippen LogP contribution < -0.4 is 6.15 Å². The van der Waals surface area contributed by atoms with Crippen molar-refractivity contribution < 1.29 is 4.39 Å². The maximum absolute atomic E-state index is 13.6. The highest BCUT2D eigenvalue weighted by atomic mass is 79.9. The van der Waals surface area contributed by atoms with Gasteiger partial charge in [0, 0.05) is 16.2 Å². The van der Waals surface area contributed by atoms with Crippen molar-refractivity contribution in [1.29, 1.82) is 0 Å².